The highest BCUT2D eigenvalue weighted by Crippen LogP contribution is 2.37. The van der Waals surface area contributed by atoms with Crippen molar-refractivity contribution >= 4 is 23.2 Å². The van der Waals surface area contributed by atoms with Crippen molar-refractivity contribution in [2.75, 3.05) is 26.4 Å². The summed E-state index contributed by atoms with van der Waals surface area (Å²) in [6.45, 7) is 7.52. The Morgan fingerprint density at radius 3 is 2.53 bits per heavy atom. The highest BCUT2D eigenvalue weighted by Gasteiger charge is 2.15. The summed E-state index contributed by atoms with van der Waals surface area (Å²) in [5.41, 5.74) is 1.26. The first-order valence-electron chi connectivity index (χ1n) is 10.4. The topological polar surface area (TPSA) is 39.7 Å². The highest BCUT2D eigenvalue weighted by atomic mass is 35.5. The van der Waals surface area contributed by atoms with Gasteiger partial charge in [-0.25, -0.2) is 4.39 Å². The molecule has 2 aromatic rings. The number of unbranched alkanes of at least 4 members (excludes halogenated alkanes) is 1. The SMILES string of the molecule is CCCCOCCCNCc1cc(Cl)c(OCc2c(F)cccc2Cl)c(OCC)c1. The number of ether oxygens (including phenoxy) is 3. The Morgan fingerprint density at radius 2 is 1.80 bits per heavy atom. The minimum absolute atomic E-state index is 0.0407. The predicted octanol–water partition coefficient (Wildman–Crippen LogP) is 6.41. The average molecular weight is 458 g/mol. The maximum atomic E-state index is 14.0. The van der Waals surface area contributed by atoms with Gasteiger partial charge in [-0.15, -0.1) is 0 Å². The molecule has 7 heteroatoms. The van der Waals surface area contributed by atoms with Crippen molar-refractivity contribution in [3.8, 4) is 11.5 Å². The molecule has 2 aromatic carbocycles. The maximum absolute atomic E-state index is 14.0. The number of halogens is 3. The van der Waals surface area contributed by atoms with Crippen molar-refractivity contribution in [2.24, 2.45) is 0 Å². The van der Waals surface area contributed by atoms with Gasteiger partial charge in [0, 0.05) is 25.3 Å². The summed E-state index contributed by atoms with van der Waals surface area (Å²) in [6.07, 6.45) is 3.19. The van der Waals surface area contributed by atoms with E-state index in [1.165, 1.54) is 6.07 Å². The molecule has 0 bridgehead atoms. The van der Waals surface area contributed by atoms with Crippen LogP contribution in [0.2, 0.25) is 10.0 Å². The molecule has 0 aromatic heterocycles. The Labute approximate surface area is 188 Å². The number of hydrogen-bond donors (Lipinski definition) is 1. The van der Waals surface area contributed by atoms with Crippen molar-refractivity contribution < 1.29 is 18.6 Å². The van der Waals surface area contributed by atoms with Crippen molar-refractivity contribution in [3.05, 3.63) is 57.3 Å². The number of benzene rings is 2. The average Bonchev–Trinajstić information content (AvgIpc) is 2.71. The van der Waals surface area contributed by atoms with Crippen LogP contribution in [0.1, 0.15) is 44.2 Å². The zero-order valence-electron chi connectivity index (χ0n) is 17.6. The van der Waals surface area contributed by atoms with Crippen LogP contribution < -0.4 is 14.8 Å². The van der Waals surface area contributed by atoms with Crippen LogP contribution in [0.25, 0.3) is 0 Å². The second-order valence-electron chi connectivity index (χ2n) is 6.82. The summed E-state index contributed by atoms with van der Waals surface area (Å²) in [6, 6.07) is 8.24. The second-order valence-corrected chi connectivity index (χ2v) is 7.64. The van der Waals surface area contributed by atoms with Gasteiger partial charge < -0.3 is 19.5 Å². The van der Waals surface area contributed by atoms with Crippen molar-refractivity contribution in [1.29, 1.82) is 0 Å². The molecular formula is C23H30Cl2FNO3. The van der Waals surface area contributed by atoms with Gasteiger partial charge >= 0.3 is 0 Å². The third-order valence-electron chi connectivity index (χ3n) is 4.41. The Balaban J connectivity index is 1.94. The summed E-state index contributed by atoms with van der Waals surface area (Å²) in [5, 5.41) is 4.10. The lowest BCUT2D eigenvalue weighted by Crippen LogP contribution is -2.16. The molecular weight excluding hydrogens is 428 g/mol. The van der Waals surface area contributed by atoms with E-state index in [0.29, 0.717) is 34.7 Å². The summed E-state index contributed by atoms with van der Waals surface area (Å²) in [5.74, 6) is 0.485. The fourth-order valence-electron chi connectivity index (χ4n) is 2.82. The molecule has 0 saturated carbocycles. The summed E-state index contributed by atoms with van der Waals surface area (Å²) in [4.78, 5) is 0. The Hall–Kier alpha value is -1.53. The highest BCUT2D eigenvalue weighted by molar-refractivity contribution is 6.32. The zero-order valence-corrected chi connectivity index (χ0v) is 19.1. The monoisotopic (exact) mass is 457 g/mol. The van der Waals surface area contributed by atoms with Gasteiger partial charge in [0.25, 0.3) is 0 Å². The Morgan fingerprint density at radius 1 is 1.00 bits per heavy atom. The van der Waals surface area contributed by atoms with Crippen LogP contribution in [0.4, 0.5) is 4.39 Å². The molecule has 0 aliphatic heterocycles. The quantitative estimate of drug-likeness (QED) is 0.332. The van der Waals surface area contributed by atoms with Gasteiger partial charge in [0.1, 0.15) is 12.4 Å². The maximum Gasteiger partial charge on any atom is 0.180 e. The molecule has 0 aliphatic rings. The molecule has 0 heterocycles. The molecule has 4 nitrogen and oxygen atoms in total. The third-order valence-corrected chi connectivity index (χ3v) is 5.04. The minimum atomic E-state index is -0.420. The van der Waals surface area contributed by atoms with E-state index in [4.69, 9.17) is 37.4 Å². The smallest absolute Gasteiger partial charge is 0.180 e. The second kappa shape index (κ2) is 13.7. The van der Waals surface area contributed by atoms with E-state index < -0.39 is 5.82 Å². The van der Waals surface area contributed by atoms with E-state index in [0.717, 1.165) is 44.6 Å². The summed E-state index contributed by atoms with van der Waals surface area (Å²) in [7, 11) is 0. The fourth-order valence-corrected chi connectivity index (χ4v) is 3.33. The predicted molar refractivity (Wildman–Crippen MR) is 120 cm³/mol. The van der Waals surface area contributed by atoms with Crippen molar-refractivity contribution in [1.82, 2.24) is 5.32 Å². The lowest BCUT2D eigenvalue weighted by atomic mass is 10.2. The molecule has 0 aliphatic carbocycles. The van der Waals surface area contributed by atoms with Gasteiger partial charge in [0.05, 0.1) is 16.7 Å². The van der Waals surface area contributed by atoms with Gasteiger partial charge in [-0.2, -0.15) is 0 Å². The van der Waals surface area contributed by atoms with Crippen molar-refractivity contribution in [3.63, 3.8) is 0 Å². The first kappa shape index (κ1) is 24.7. The molecule has 0 spiro atoms. The van der Waals surface area contributed by atoms with Gasteiger partial charge in [-0.05, 0) is 56.1 Å². The molecule has 0 atom stereocenters. The van der Waals surface area contributed by atoms with E-state index in [9.17, 15) is 4.39 Å². The Bertz CT molecular complexity index is 769. The normalized spacial score (nSPS) is 11.0. The first-order valence-corrected chi connectivity index (χ1v) is 11.1. The van der Waals surface area contributed by atoms with Crippen LogP contribution in [-0.2, 0) is 17.9 Å². The van der Waals surface area contributed by atoms with Crippen LogP contribution in [0.3, 0.4) is 0 Å². The van der Waals surface area contributed by atoms with Gasteiger partial charge in [0.2, 0.25) is 0 Å². The van der Waals surface area contributed by atoms with E-state index in [1.807, 2.05) is 19.1 Å². The van der Waals surface area contributed by atoms with Crippen LogP contribution in [-0.4, -0.2) is 26.4 Å². The third kappa shape index (κ3) is 7.95. The molecule has 0 amide bonds. The van der Waals surface area contributed by atoms with Crippen LogP contribution in [0.5, 0.6) is 11.5 Å². The zero-order chi connectivity index (χ0) is 21.8. The minimum Gasteiger partial charge on any atom is -0.490 e. The molecule has 30 heavy (non-hydrogen) atoms. The molecule has 166 valence electrons. The fraction of sp³-hybridized carbons (Fsp3) is 0.478. The Kier molecular flexibility index (Phi) is 11.3. The molecule has 0 fully saturated rings. The number of nitrogens with one attached hydrogen (secondary N) is 1. The molecule has 0 saturated heterocycles. The summed E-state index contributed by atoms with van der Waals surface area (Å²) >= 11 is 12.5. The van der Waals surface area contributed by atoms with Gasteiger partial charge in [-0.1, -0.05) is 42.6 Å². The molecule has 1 N–H and O–H groups in total. The first-order chi connectivity index (χ1) is 14.6. The number of rotatable bonds is 14. The lowest BCUT2D eigenvalue weighted by Gasteiger charge is -2.16. The summed E-state index contributed by atoms with van der Waals surface area (Å²) < 4.78 is 31.1. The van der Waals surface area contributed by atoms with Crippen LogP contribution in [0, 0.1) is 5.82 Å². The molecule has 0 radical (unpaired) electrons. The van der Waals surface area contributed by atoms with Crippen LogP contribution in [0.15, 0.2) is 30.3 Å². The largest absolute Gasteiger partial charge is 0.490 e. The molecule has 0 unspecified atom stereocenters. The lowest BCUT2D eigenvalue weighted by molar-refractivity contribution is 0.129. The van der Waals surface area contributed by atoms with E-state index in [2.05, 4.69) is 12.2 Å². The number of hydrogen-bond acceptors (Lipinski definition) is 4. The van der Waals surface area contributed by atoms with Crippen LogP contribution >= 0.6 is 23.2 Å². The van der Waals surface area contributed by atoms with Gasteiger partial charge in [-0.3, -0.25) is 0 Å². The van der Waals surface area contributed by atoms with E-state index in [1.54, 1.807) is 12.1 Å². The van der Waals surface area contributed by atoms with Crippen molar-refractivity contribution in [2.45, 2.75) is 46.3 Å². The van der Waals surface area contributed by atoms with E-state index >= 15 is 0 Å². The van der Waals surface area contributed by atoms with Gasteiger partial charge in [0.15, 0.2) is 11.5 Å². The van der Waals surface area contributed by atoms with E-state index in [-0.39, 0.29) is 12.2 Å². The standard InChI is InChI=1S/C23H30Cl2FNO3/c1-3-5-11-28-12-7-10-27-15-17-13-20(25)23(22(14-17)29-4-2)30-16-18-19(24)8-6-9-21(18)26/h6,8-9,13-14,27H,3-5,7,10-12,15-16H2,1-2H3. The molecule has 2 rings (SSSR count).